The van der Waals surface area contributed by atoms with Crippen LogP contribution in [0.5, 0.6) is 0 Å². The number of halogens is 1. The molecule has 0 saturated carbocycles. The summed E-state index contributed by atoms with van der Waals surface area (Å²) in [6.45, 7) is 1.73. The third-order valence-electron chi connectivity index (χ3n) is 4.56. The predicted octanol–water partition coefficient (Wildman–Crippen LogP) is 1.77. The second-order valence-electron chi connectivity index (χ2n) is 6.60. The molecule has 0 aliphatic carbocycles. The van der Waals surface area contributed by atoms with E-state index in [1.165, 1.54) is 4.31 Å². The monoisotopic (exact) mass is 495 g/mol. The minimum Gasteiger partial charge on any atom is -0.379 e. The Kier molecular flexibility index (Phi) is 7.59. The molecule has 0 spiro atoms. The number of ether oxygens (including phenoxy) is 1. The Hall–Kier alpha value is -2.27. The Balaban J connectivity index is 1.49. The van der Waals surface area contributed by atoms with Crippen molar-refractivity contribution in [1.29, 1.82) is 0 Å². The van der Waals surface area contributed by atoms with Gasteiger partial charge in [-0.05, 0) is 52.2 Å². The van der Waals surface area contributed by atoms with Crippen LogP contribution in [0.3, 0.4) is 0 Å². The fraction of sp³-hybridized carbons (Fsp3) is 0.300. The van der Waals surface area contributed by atoms with Crippen molar-refractivity contribution in [3.63, 3.8) is 0 Å². The van der Waals surface area contributed by atoms with E-state index in [0.29, 0.717) is 42.9 Å². The summed E-state index contributed by atoms with van der Waals surface area (Å²) in [6.07, 6.45) is 0.464. The number of anilines is 1. The highest BCUT2D eigenvalue weighted by Gasteiger charge is 2.26. The molecule has 2 amide bonds. The normalized spacial score (nSPS) is 14.8. The summed E-state index contributed by atoms with van der Waals surface area (Å²) in [5.74, 6) is -1.49. The van der Waals surface area contributed by atoms with Crippen molar-refractivity contribution in [2.45, 2.75) is 11.3 Å². The number of hydrogen-bond acceptors (Lipinski definition) is 5. The lowest BCUT2D eigenvalue weighted by Crippen LogP contribution is -2.40. The van der Waals surface area contributed by atoms with E-state index in [1.807, 2.05) is 0 Å². The summed E-state index contributed by atoms with van der Waals surface area (Å²) >= 11 is 3.30. The molecule has 1 heterocycles. The second kappa shape index (κ2) is 10.2. The van der Waals surface area contributed by atoms with Crippen molar-refractivity contribution < 1.29 is 22.7 Å². The van der Waals surface area contributed by atoms with Crippen LogP contribution in [0.1, 0.15) is 5.56 Å². The van der Waals surface area contributed by atoms with Gasteiger partial charge in [0.1, 0.15) is 0 Å². The number of nitrogens with one attached hydrogen (secondary N) is 2. The summed E-state index contributed by atoms with van der Waals surface area (Å²) in [5, 5.41) is 5.10. The number of carbonyl (C=O) groups is 2. The van der Waals surface area contributed by atoms with E-state index in [9.17, 15) is 18.0 Å². The number of hydrogen-bond donors (Lipinski definition) is 2. The smallest absolute Gasteiger partial charge is 0.313 e. The van der Waals surface area contributed by atoms with Gasteiger partial charge in [-0.2, -0.15) is 4.31 Å². The summed E-state index contributed by atoms with van der Waals surface area (Å²) in [4.78, 5) is 24.2. The number of carbonyl (C=O) groups excluding carboxylic acids is 2. The van der Waals surface area contributed by atoms with Gasteiger partial charge >= 0.3 is 11.8 Å². The van der Waals surface area contributed by atoms with Gasteiger partial charge in [0.15, 0.2) is 0 Å². The lowest BCUT2D eigenvalue weighted by atomic mass is 10.1. The highest BCUT2D eigenvalue weighted by molar-refractivity contribution is 9.10. The van der Waals surface area contributed by atoms with Crippen LogP contribution in [-0.2, 0) is 30.8 Å². The highest BCUT2D eigenvalue weighted by Crippen LogP contribution is 2.21. The highest BCUT2D eigenvalue weighted by atomic mass is 79.9. The molecule has 2 N–H and O–H groups in total. The number of amides is 2. The second-order valence-corrected chi connectivity index (χ2v) is 9.39. The fourth-order valence-electron chi connectivity index (χ4n) is 2.91. The van der Waals surface area contributed by atoms with Gasteiger partial charge in [0, 0.05) is 24.1 Å². The molecule has 0 aromatic heterocycles. The van der Waals surface area contributed by atoms with Crippen molar-refractivity contribution in [1.82, 2.24) is 9.62 Å². The van der Waals surface area contributed by atoms with E-state index in [4.69, 9.17) is 4.74 Å². The van der Waals surface area contributed by atoms with E-state index < -0.39 is 21.8 Å². The van der Waals surface area contributed by atoms with Crippen LogP contribution in [0.15, 0.2) is 57.9 Å². The van der Waals surface area contributed by atoms with Gasteiger partial charge in [-0.15, -0.1) is 0 Å². The molecule has 10 heteroatoms. The number of benzene rings is 2. The summed E-state index contributed by atoms with van der Waals surface area (Å²) < 4.78 is 32.5. The molecule has 8 nitrogen and oxygen atoms in total. The van der Waals surface area contributed by atoms with Gasteiger partial charge in [0.2, 0.25) is 10.0 Å². The number of nitrogens with zero attached hydrogens (tertiary/aromatic N) is 1. The first kappa shape index (κ1) is 22.4. The van der Waals surface area contributed by atoms with Crippen LogP contribution in [-0.4, -0.2) is 57.4 Å². The quantitative estimate of drug-likeness (QED) is 0.594. The van der Waals surface area contributed by atoms with Gasteiger partial charge in [0.05, 0.1) is 23.8 Å². The Labute approximate surface area is 183 Å². The number of morpholine rings is 1. The van der Waals surface area contributed by atoms with Gasteiger partial charge in [-0.25, -0.2) is 8.42 Å². The molecule has 30 heavy (non-hydrogen) atoms. The Morgan fingerprint density at radius 2 is 1.67 bits per heavy atom. The molecule has 2 aromatic rings. The van der Waals surface area contributed by atoms with E-state index in [2.05, 4.69) is 26.6 Å². The summed E-state index contributed by atoms with van der Waals surface area (Å²) in [5.41, 5.74) is 1.36. The average Bonchev–Trinajstić information content (AvgIpc) is 2.76. The van der Waals surface area contributed by atoms with Crippen LogP contribution < -0.4 is 10.6 Å². The standard InChI is InChI=1S/C20H22BrN3O5S/c21-17-3-1-2-4-18(17)23-20(26)19(25)22-10-9-15-5-7-16(8-6-15)30(27,28)24-11-13-29-14-12-24/h1-8H,9-14H2,(H,22,25)(H,23,26). The van der Waals surface area contributed by atoms with E-state index in [-0.39, 0.29) is 11.4 Å². The SMILES string of the molecule is O=C(NCCc1ccc(S(=O)(=O)N2CCOCC2)cc1)C(=O)Nc1ccccc1Br. The van der Waals surface area contributed by atoms with Crippen molar-refractivity contribution in [2.24, 2.45) is 0 Å². The zero-order valence-electron chi connectivity index (χ0n) is 16.1. The zero-order chi connectivity index (χ0) is 21.6. The Bertz CT molecular complexity index is 1010. The maximum atomic E-state index is 12.6. The first-order valence-corrected chi connectivity index (χ1v) is 11.6. The molecular formula is C20H22BrN3O5S. The average molecular weight is 496 g/mol. The molecule has 0 bridgehead atoms. The van der Waals surface area contributed by atoms with Crippen molar-refractivity contribution in [3.05, 3.63) is 58.6 Å². The van der Waals surface area contributed by atoms with Crippen LogP contribution in [0.25, 0.3) is 0 Å². The molecular weight excluding hydrogens is 474 g/mol. The molecule has 1 saturated heterocycles. The first-order valence-electron chi connectivity index (χ1n) is 9.38. The molecule has 1 aliphatic rings. The fourth-order valence-corrected chi connectivity index (χ4v) is 4.70. The first-order chi connectivity index (χ1) is 14.4. The third-order valence-corrected chi connectivity index (χ3v) is 7.16. The number of para-hydroxylation sites is 1. The molecule has 1 aliphatic heterocycles. The summed E-state index contributed by atoms with van der Waals surface area (Å²) in [7, 11) is -3.53. The van der Waals surface area contributed by atoms with Crippen LogP contribution in [0, 0.1) is 0 Å². The molecule has 0 unspecified atom stereocenters. The molecule has 3 rings (SSSR count). The van der Waals surface area contributed by atoms with Crippen LogP contribution in [0.2, 0.25) is 0 Å². The zero-order valence-corrected chi connectivity index (χ0v) is 18.5. The van der Waals surface area contributed by atoms with Crippen molar-refractivity contribution in [2.75, 3.05) is 38.2 Å². The third kappa shape index (κ3) is 5.66. The maximum absolute atomic E-state index is 12.6. The molecule has 2 aromatic carbocycles. The molecule has 1 fully saturated rings. The van der Waals surface area contributed by atoms with Crippen LogP contribution in [0.4, 0.5) is 5.69 Å². The topological polar surface area (TPSA) is 105 Å². The van der Waals surface area contributed by atoms with E-state index in [0.717, 1.165) is 5.56 Å². The Morgan fingerprint density at radius 3 is 2.33 bits per heavy atom. The van der Waals surface area contributed by atoms with Gasteiger partial charge in [-0.3, -0.25) is 9.59 Å². The summed E-state index contributed by atoms with van der Waals surface area (Å²) in [6, 6.07) is 13.5. The van der Waals surface area contributed by atoms with Gasteiger partial charge in [-0.1, -0.05) is 24.3 Å². The predicted molar refractivity (Wildman–Crippen MR) is 116 cm³/mol. The minimum absolute atomic E-state index is 0.227. The number of rotatable bonds is 6. The van der Waals surface area contributed by atoms with Crippen molar-refractivity contribution in [3.8, 4) is 0 Å². The minimum atomic E-state index is -3.53. The lowest BCUT2D eigenvalue weighted by molar-refractivity contribution is -0.136. The van der Waals surface area contributed by atoms with E-state index >= 15 is 0 Å². The van der Waals surface area contributed by atoms with Crippen LogP contribution >= 0.6 is 15.9 Å². The largest absolute Gasteiger partial charge is 0.379 e. The van der Waals surface area contributed by atoms with Gasteiger partial charge in [0.25, 0.3) is 0 Å². The Morgan fingerprint density at radius 1 is 1.00 bits per heavy atom. The molecule has 0 atom stereocenters. The maximum Gasteiger partial charge on any atom is 0.313 e. The lowest BCUT2D eigenvalue weighted by Gasteiger charge is -2.26. The van der Waals surface area contributed by atoms with E-state index in [1.54, 1.807) is 48.5 Å². The molecule has 0 radical (unpaired) electrons. The number of sulfonamides is 1. The van der Waals surface area contributed by atoms with Gasteiger partial charge < -0.3 is 15.4 Å². The molecule has 160 valence electrons. The van der Waals surface area contributed by atoms with Crippen molar-refractivity contribution >= 4 is 43.5 Å².